The number of anilines is 1. The summed E-state index contributed by atoms with van der Waals surface area (Å²) in [6.07, 6.45) is -1.27. The van der Waals surface area contributed by atoms with Crippen molar-refractivity contribution in [3.8, 4) is 0 Å². The Morgan fingerprint density at radius 2 is 1.55 bits per heavy atom. The molecule has 20 heavy (non-hydrogen) atoms. The van der Waals surface area contributed by atoms with Gasteiger partial charge in [0.05, 0.1) is 12.8 Å². The van der Waals surface area contributed by atoms with E-state index in [0.717, 1.165) is 7.11 Å². The van der Waals surface area contributed by atoms with Crippen molar-refractivity contribution in [2.24, 2.45) is 0 Å². The Balaban J connectivity index is 3.27. The minimum Gasteiger partial charge on any atom is -0.452 e. The molecule has 0 heterocycles. The number of hydrogen-bond donors (Lipinski definition) is 0. The van der Waals surface area contributed by atoms with Gasteiger partial charge in [0.2, 0.25) is 0 Å². The SMILES string of the molecule is COC(=O)N(C(=O)Cl)c1ccc(S(F)(F)(F)(F)F)cc1. The summed E-state index contributed by atoms with van der Waals surface area (Å²) in [6, 6.07) is 1.11. The number of imide groups is 1. The molecule has 0 N–H and O–H groups in total. The maximum atomic E-state index is 12.5. The van der Waals surface area contributed by atoms with Crippen LogP contribution in [0.5, 0.6) is 0 Å². The highest BCUT2D eigenvalue weighted by Gasteiger charge is 2.65. The average molecular weight is 340 g/mol. The molecule has 1 rings (SSSR count). The molecular formula is C9H7ClF5NO3S. The summed E-state index contributed by atoms with van der Waals surface area (Å²) in [5, 5.41) is -1.36. The van der Waals surface area contributed by atoms with Crippen molar-refractivity contribution in [3.05, 3.63) is 24.3 Å². The Morgan fingerprint density at radius 3 is 1.85 bits per heavy atom. The maximum Gasteiger partial charge on any atom is 0.421 e. The van der Waals surface area contributed by atoms with Crippen molar-refractivity contribution in [2.45, 2.75) is 4.90 Å². The zero-order valence-electron chi connectivity index (χ0n) is 9.66. The molecule has 0 spiro atoms. The van der Waals surface area contributed by atoms with Gasteiger partial charge in [0.15, 0.2) is 0 Å². The van der Waals surface area contributed by atoms with Crippen LogP contribution in [0.2, 0.25) is 0 Å². The number of carbonyl (C=O) groups is 2. The second-order valence-corrected chi connectivity index (χ2v) is 6.25. The van der Waals surface area contributed by atoms with Crippen LogP contribution in [0.15, 0.2) is 29.2 Å². The maximum absolute atomic E-state index is 12.5. The largest absolute Gasteiger partial charge is 0.452 e. The number of halogens is 6. The molecule has 1 aromatic rings. The summed E-state index contributed by atoms with van der Waals surface area (Å²) in [4.78, 5) is 20.2. The number of rotatable bonds is 2. The van der Waals surface area contributed by atoms with E-state index in [4.69, 9.17) is 11.6 Å². The number of nitrogens with zero attached hydrogens (tertiary/aromatic N) is 1. The van der Waals surface area contributed by atoms with Gasteiger partial charge in [0.25, 0.3) is 0 Å². The molecule has 0 aliphatic heterocycles. The average Bonchev–Trinajstić information content (AvgIpc) is 2.26. The first-order valence-corrected chi connectivity index (χ1v) is 7.01. The van der Waals surface area contributed by atoms with Crippen molar-refractivity contribution >= 4 is 39.0 Å². The summed E-state index contributed by atoms with van der Waals surface area (Å²) in [5.74, 6) is 0. The molecule has 11 heteroatoms. The summed E-state index contributed by atoms with van der Waals surface area (Å²) in [6.45, 7) is 0. The summed E-state index contributed by atoms with van der Waals surface area (Å²) in [5.41, 5.74) is -0.442. The van der Waals surface area contributed by atoms with Crippen LogP contribution in [0, 0.1) is 0 Å². The fourth-order valence-electron chi connectivity index (χ4n) is 1.22. The summed E-state index contributed by atoms with van der Waals surface area (Å²) in [7, 11) is -8.91. The molecule has 0 radical (unpaired) electrons. The van der Waals surface area contributed by atoms with Crippen molar-refractivity contribution < 1.29 is 33.8 Å². The van der Waals surface area contributed by atoms with Crippen molar-refractivity contribution in [3.63, 3.8) is 0 Å². The molecule has 0 saturated heterocycles. The van der Waals surface area contributed by atoms with Gasteiger partial charge in [-0.25, -0.2) is 9.69 Å². The molecule has 0 atom stereocenters. The predicted octanol–water partition coefficient (Wildman–Crippen LogP) is 5.28. The molecule has 0 aliphatic rings. The van der Waals surface area contributed by atoms with Crippen molar-refractivity contribution in [1.29, 1.82) is 0 Å². The number of hydrogen-bond acceptors (Lipinski definition) is 3. The zero-order valence-corrected chi connectivity index (χ0v) is 11.2. The fourth-order valence-corrected chi connectivity index (χ4v) is 2.04. The Morgan fingerprint density at radius 1 is 1.10 bits per heavy atom. The number of methoxy groups -OCH3 is 1. The Bertz CT molecular complexity index is 559. The Hall–Kier alpha value is -1.55. The zero-order chi connectivity index (χ0) is 15.8. The van der Waals surface area contributed by atoms with E-state index in [-0.39, 0.29) is 17.0 Å². The van der Waals surface area contributed by atoms with E-state index in [9.17, 15) is 29.0 Å². The predicted molar refractivity (Wildman–Crippen MR) is 64.0 cm³/mol. The molecule has 1 aromatic carbocycles. The molecule has 0 unspecified atom stereocenters. The summed E-state index contributed by atoms with van der Waals surface area (Å²) < 4.78 is 66.5. The second-order valence-electron chi connectivity index (χ2n) is 3.52. The van der Waals surface area contributed by atoms with Gasteiger partial charge in [-0.1, -0.05) is 19.4 Å². The molecule has 114 valence electrons. The van der Waals surface area contributed by atoms with Gasteiger partial charge in [0.1, 0.15) is 4.90 Å². The summed E-state index contributed by atoms with van der Waals surface area (Å²) >= 11 is 5.06. The van der Waals surface area contributed by atoms with Crippen LogP contribution in [0.25, 0.3) is 0 Å². The molecular weight excluding hydrogens is 333 g/mol. The normalized spacial score (nSPS) is 14.9. The van der Waals surface area contributed by atoms with Crippen LogP contribution in [0.4, 0.5) is 34.7 Å². The fraction of sp³-hybridized carbons (Fsp3) is 0.111. The number of ether oxygens (including phenoxy) is 1. The lowest BCUT2D eigenvalue weighted by molar-refractivity contribution is 0.180. The van der Waals surface area contributed by atoms with Crippen molar-refractivity contribution in [1.82, 2.24) is 0 Å². The topological polar surface area (TPSA) is 46.6 Å². The van der Waals surface area contributed by atoms with E-state index in [1.165, 1.54) is 0 Å². The van der Waals surface area contributed by atoms with E-state index < -0.39 is 32.3 Å². The lowest BCUT2D eigenvalue weighted by atomic mass is 10.3. The third-order valence-corrected chi connectivity index (χ3v) is 3.41. The van der Waals surface area contributed by atoms with E-state index in [1.807, 2.05) is 0 Å². The van der Waals surface area contributed by atoms with E-state index in [0.29, 0.717) is 12.1 Å². The van der Waals surface area contributed by atoms with Crippen LogP contribution < -0.4 is 4.90 Å². The van der Waals surface area contributed by atoms with Gasteiger partial charge in [-0.05, 0) is 35.9 Å². The van der Waals surface area contributed by atoms with Gasteiger partial charge in [-0.3, -0.25) is 4.79 Å². The van der Waals surface area contributed by atoms with Crippen LogP contribution in [0.1, 0.15) is 0 Å². The van der Waals surface area contributed by atoms with Gasteiger partial charge in [-0.2, -0.15) is 0 Å². The number of amides is 2. The highest BCUT2D eigenvalue weighted by atomic mass is 35.5. The second kappa shape index (κ2) is 4.22. The number of carbonyl (C=O) groups excluding carboxylic acids is 2. The molecule has 0 fully saturated rings. The molecule has 2 amide bonds. The third kappa shape index (κ3) is 3.73. The van der Waals surface area contributed by atoms with Crippen LogP contribution in [-0.4, -0.2) is 18.6 Å². The van der Waals surface area contributed by atoms with Crippen molar-refractivity contribution in [2.75, 3.05) is 12.0 Å². The molecule has 0 bridgehead atoms. The third-order valence-electron chi connectivity index (χ3n) is 2.07. The molecule has 0 aliphatic carbocycles. The van der Waals surface area contributed by atoms with Gasteiger partial charge in [-0.15, -0.1) is 0 Å². The monoisotopic (exact) mass is 339 g/mol. The standard InChI is InChI=1S/C9H7ClF5NO3S/c1-19-9(18)16(8(10)17)6-2-4-7(5-3-6)20(11,12,13,14)15/h2-5H,1H3. The highest BCUT2D eigenvalue weighted by Crippen LogP contribution is 3.02. The van der Waals surface area contributed by atoms with E-state index in [1.54, 1.807) is 0 Å². The molecule has 4 nitrogen and oxygen atoms in total. The Labute approximate surface area is 114 Å². The van der Waals surface area contributed by atoms with Crippen LogP contribution in [-0.2, 0) is 4.74 Å². The molecule has 0 aromatic heterocycles. The minimum absolute atomic E-state index is 0.0483. The van der Waals surface area contributed by atoms with Gasteiger partial charge < -0.3 is 4.74 Å². The minimum atomic E-state index is -9.81. The van der Waals surface area contributed by atoms with E-state index >= 15 is 0 Å². The van der Waals surface area contributed by atoms with Gasteiger partial charge >= 0.3 is 21.7 Å². The Kier molecular flexibility index (Phi) is 3.48. The number of benzene rings is 1. The van der Waals surface area contributed by atoms with E-state index in [2.05, 4.69) is 4.74 Å². The quantitative estimate of drug-likeness (QED) is 0.418. The first-order valence-electron chi connectivity index (χ1n) is 4.68. The van der Waals surface area contributed by atoms with Gasteiger partial charge in [0, 0.05) is 0 Å². The first kappa shape index (κ1) is 16.5. The highest BCUT2D eigenvalue weighted by molar-refractivity contribution is 8.45. The first-order chi connectivity index (χ1) is 8.76. The van der Waals surface area contributed by atoms with Crippen LogP contribution >= 0.6 is 21.8 Å². The molecule has 0 saturated carbocycles. The lowest BCUT2D eigenvalue weighted by Crippen LogP contribution is -2.32. The lowest BCUT2D eigenvalue weighted by Gasteiger charge is -2.40. The smallest absolute Gasteiger partial charge is 0.421 e. The van der Waals surface area contributed by atoms with Crippen LogP contribution in [0.3, 0.4) is 0 Å².